The van der Waals surface area contributed by atoms with E-state index in [-0.39, 0.29) is 18.2 Å². The molecule has 1 aliphatic rings. The summed E-state index contributed by atoms with van der Waals surface area (Å²) in [5.41, 5.74) is 6.06. The third-order valence-electron chi connectivity index (χ3n) is 5.54. The van der Waals surface area contributed by atoms with Crippen LogP contribution in [0.2, 0.25) is 0 Å². The Morgan fingerprint density at radius 1 is 1.16 bits per heavy atom. The summed E-state index contributed by atoms with van der Waals surface area (Å²) in [5.74, 6) is 0.0254. The van der Waals surface area contributed by atoms with E-state index in [0.29, 0.717) is 24.2 Å². The molecule has 0 unspecified atom stereocenters. The zero-order valence-electron chi connectivity index (χ0n) is 17.7. The molecule has 1 N–H and O–H groups in total. The first-order valence-corrected chi connectivity index (χ1v) is 10.4. The van der Waals surface area contributed by atoms with Crippen LogP contribution in [0.15, 0.2) is 66.9 Å². The standard InChI is InChI=1S/C25H23N3O4/c1-17-18(14-19(15-27-17)28(30)31)8-6-7-13-26-25(29)32-16-24-22-11-4-2-9-20(22)21-10-3-5-12-23(21)24/h2-6,8-12,14-15,24H,7,13,16H2,1H3,(H,26,29). The van der Waals surface area contributed by atoms with Crippen LogP contribution in [-0.4, -0.2) is 29.2 Å². The molecule has 0 spiro atoms. The SMILES string of the molecule is Cc1ncc([N+](=O)[O-])cc1C=CCCNC(=O)OCC1c2ccccc2-c2ccccc21. The monoisotopic (exact) mass is 429 g/mol. The van der Waals surface area contributed by atoms with Crippen LogP contribution in [0.5, 0.6) is 0 Å². The molecule has 1 aromatic heterocycles. The van der Waals surface area contributed by atoms with Gasteiger partial charge in [0.15, 0.2) is 0 Å². The molecule has 0 saturated carbocycles. The van der Waals surface area contributed by atoms with Crippen molar-refractivity contribution in [3.05, 3.63) is 99.4 Å². The van der Waals surface area contributed by atoms with Crippen LogP contribution in [0, 0.1) is 17.0 Å². The summed E-state index contributed by atoms with van der Waals surface area (Å²) >= 11 is 0. The van der Waals surface area contributed by atoms with E-state index in [1.54, 1.807) is 13.0 Å². The Kier molecular flexibility index (Phi) is 6.26. The molecule has 7 nitrogen and oxygen atoms in total. The van der Waals surface area contributed by atoms with Crippen molar-refractivity contribution < 1.29 is 14.5 Å². The van der Waals surface area contributed by atoms with Gasteiger partial charge in [0.2, 0.25) is 0 Å². The molecule has 1 aliphatic carbocycles. The first-order chi connectivity index (χ1) is 15.5. The van der Waals surface area contributed by atoms with Crippen LogP contribution >= 0.6 is 0 Å². The molecule has 1 amide bonds. The van der Waals surface area contributed by atoms with Crippen molar-refractivity contribution in [3.8, 4) is 11.1 Å². The number of amides is 1. The van der Waals surface area contributed by atoms with Crippen molar-refractivity contribution in [2.45, 2.75) is 19.3 Å². The highest BCUT2D eigenvalue weighted by Crippen LogP contribution is 2.44. The minimum Gasteiger partial charge on any atom is -0.449 e. The highest BCUT2D eigenvalue weighted by Gasteiger charge is 2.28. The van der Waals surface area contributed by atoms with Crippen LogP contribution < -0.4 is 5.32 Å². The predicted molar refractivity (Wildman–Crippen MR) is 122 cm³/mol. The molecule has 32 heavy (non-hydrogen) atoms. The van der Waals surface area contributed by atoms with Gasteiger partial charge in [-0.3, -0.25) is 15.1 Å². The number of carbonyl (C=O) groups excluding carboxylic acids is 1. The first kappa shape index (κ1) is 21.2. The normalized spacial score (nSPS) is 12.4. The lowest BCUT2D eigenvalue weighted by Crippen LogP contribution is -2.26. The zero-order chi connectivity index (χ0) is 22.5. The van der Waals surface area contributed by atoms with Gasteiger partial charge in [-0.15, -0.1) is 0 Å². The largest absolute Gasteiger partial charge is 0.449 e. The summed E-state index contributed by atoms with van der Waals surface area (Å²) < 4.78 is 5.51. The van der Waals surface area contributed by atoms with E-state index >= 15 is 0 Å². The average molecular weight is 429 g/mol. The predicted octanol–water partition coefficient (Wildman–Crippen LogP) is 5.24. The minimum absolute atomic E-state index is 0.0254. The number of pyridine rings is 1. The van der Waals surface area contributed by atoms with Crippen molar-refractivity contribution in [2.24, 2.45) is 0 Å². The van der Waals surface area contributed by atoms with Gasteiger partial charge in [-0.2, -0.15) is 0 Å². The van der Waals surface area contributed by atoms with Gasteiger partial charge < -0.3 is 10.1 Å². The average Bonchev–Trinajstić information content (AvgIpc) is 3.12. The number of ether oxygens (including phenoxy) is 1. The number of carbonyl (C=O) groups is 1. The maximum Gasteiger partial charge on any atom is 0.407 e. The maximum atomic E-state index is 12.2. The Morgan fingerprint density at radius 2 is 1.81 bits per heavy atom. The van der Waals surface area contributed by atoms with E-state index in [1.807, 2.05) is 30.3 Å². The summed E-state index contributed by atoms with van der Waals surface area (Å²) in [7, 11) is 0. The smallest absolute Gasteiger partial charge is 0.407 e. The molecule has 0 radical (unpaired) electrons. The highest BCUT2D eigenvalue weighted by atomic mass is 16.6. The maximum absolute atomic E-state index is 12.2. The number of rotatable bonds is 7. The summed E-state index contributed by atoms with van der Waals surface area (Å²) in [6.07, 6.45) is 4.96. The van der Waals surface area contributed by atoms with Crippen LogP contribution in [-0.2, 0) is 4.74 Å². The van der Waals surface area contributed by atoms with E-state index in [1.165, 1.54) is 34.5 Å². The summed E-state index contributed by atoms with van der Waals surface area (Å²) in [6, 6.07) is 17.9. The van der Waals surface area contributed by atoms with Gasteiger partial charge >= 0.3 is 6.09 Å². The second-order valence-electron chi connectivity index (χ2n) is 7.57. The second kappa shape index (κ2) is 9.43. The van der Waals surface area contributed by atoms with Gasteiger partial charge in [0.25, 0.3) is 5.69 Å². The lowest BCUT2D eigenvalue weighted by Gasteiger charge is -2.14. The highest BCUT2D eigenvalue weighted by molar-refractivity contribution is 5.79. The second-order valence-corrected chi connectivity index (χ2v) is 7.57. The third-order valence-corrected chi connectivity index (χ3v) is 5.54. The van der Waals surface area contributed by atoms with Crippen LogP contribution in [0.4, 0.5) is 10.5 Å². The van der Waals surface area contributed by atoms with Gasteiger partial charge in [0.1, 0.15) is 12.8 Å². The van der Waals surface area contributed by atoms with Crippen molar-refractivity contribution in [3.63, 3.8) is 0 Å². The minimum atomic E-state index is -0.470. The molecule has 3 aromatic rings. The van der Waals surface area contributed by atoms with Gasteiger partial charge in [0, 0.05) is 29.8 Å². The number of alkyl carbamates (subject to hydrolysis) is 1. The van der Waals surface area contributed by atoms with Gasteiger partial charge in [0.05, 0.1) is 4.92 Å². The van der Waals surface area contributed by atoms with Gasteiger partial charge in [-0.25, -0.2) is 4.79 Å². The van der Waals surface area contributed by atoms with E-state index in [0.717, 1.165) is 0 Å². The number of aromatic nitrogens is 1. The topological polar surface area (TPSA) is 94.4 Å². The fraction of sp³-hybridized carbons (Fsp3) is 0.200. The zero-order valence-corrected chi connectivity index (χ0v) is 17.7. The molecule has 162 valence electrons. The van der Waals surface area contributed by atoms with Crippen molar-refractivity contribution in [1.82, 2.24) is 10.3 Å². The van der Waals surface area contributed by atoms with Crippen molar-refractivity contribution in [1.29, 1.82) is 0 Å². The van der Waals surface area contributed by atoms with E-state index in [2.05, 4.69) is 34.6 Å². The number of fused-ring (bicyclic) bond motifs is 3. The number of aryl methyl sites for hydroxylation is 1. The number of benzene rings is 2. The molecule has 0 saturated heterocycles. The lowest BCUT2D eigenvalue weighted by atomic mass is 9.98. The molecular formula is C25H23N3O4. The Bertz CT molecular complexity index is 1140. The Morgan fingerprint density at radius 3 is 2.47 bits per heavy atom. The Balaban J connectivity index is 1.28. The molecule has 0 fully saturated rings. The van der Waals surface area contributed by atoms with Gasteiger partial charge in [-0.1, -0.05) is 60.7 Å². The first-order valence-electron chi connectivity index (χ1n) is 10.4. The Hall–Kier alpha value is -4.00. The van der Waals surface area contributed by atoms with E-state index in [9.17, 15) is 14.9 Å². The fourth-order valence-corrected chi connectivity index (χ4v) is 3.92. The number of nitro groups is 1. The molecule has 1 heterocycles. The molecule has 7 heteroatoms. The number of hydrogen-bond acceptors (Lipinski definition) is 5. The van der Waals surface area contributed by atoms with E-state index < -0.39 is 11.0 Å². The number of nitrogens with one attached hydrogen (secondary N) is 1. The fourth-order valence-electron chi connectivity index (χ4n) is 3.92. The summed E-state index contributed by atoms with van der Waals surface area (Å²) in [6.45, 7) is 2.46. The molecule has 0 atom stereocenters. The molecule has 0 bridgehead atoms. The summed E-state index contributed by atoms with van der Waals surface area (Å²) in [4.78, 5) is 26.6. The van der Waals surface area contributed by atoms with Gasteiger partial charge in [-0.05, 0) is 35.6 Å². The third kappa shape index (κ3) is 4.51. The van der Waals surface area contributed by atoms with Crippen LogP contribution in [0.3, 0.4) is 0 Å². The summed E-state index contributed by atoms with van der Waals surface area (Å²) in [5, 5.41) is 13.6. The van der Waals surface area contributed by atoms with Crippen molar-refractivity contribution >= 4 is 17.9 Å². The van der Waals surface area contributed by atoms with Crippen molar-refractivity contribution in [2.75, 3.05) is 13.2 Å². The Labute approximate surface area is 185 Å². The van der Waals surface area contributed by atoms with Crippen LogP contribution in [0.25, 0.3) is 17.2 Å². The quantitative estimate of drug-likeness (QED) is 0.315. The molecule has 4 rings (SSSR count). The van der Waals surface area contributed by atoms with E-state index in [4.69, 9.17) is 4.74 Å². The number of nitrogens with zero attached hydrogens (tertiary/aromatic N) is 2. The lowest BCUT2D eigenvalue weighted by molar-refractivity contribution is -0.385. The molecular weight excluding hydrogens is 406 g/mol. The molecule has 0 aliphatic heterocycles. The molecule has 2 aromatic carbocycles. The number of hydrogen-bond donors (Lipinski definition) is 1. The van der Waals surface area contributed by atoms with Crippen LogP contribution in [0.1, 0.15) is 34.7 Å².